The van der Waals surface area contributed by atoms with Crippen LogP contribution in [-0.2, 0) is 24.8 Å². The number of nitrogens with one attached hydrogen (secondary N) is 2. The van der Waals surface area contributed by atoms with Crippen LogP contribution in [0.2, 0.25) is 5.02 Å². The third kappa shape index (κ3) is 6.82. The Bertz CT molecular complexity index is 1300. The number of hydrogen-bond donors (Lipinski definition) is 3. The van der Waals surface area contributed by atoms with Crippen LogP contribution in [0.15, 0.2) is 58.3 Å². The second-order valence-electron chi connectivity index (χ2n) is 9.31. The molecule has 37 heavy (non-hydrogen) atoms. The van der Waals surface area contributed by atoms with E-state index in [1.807, 2.05) is 0 Å². The Hall–Kier alpha value is -1.77. The largest absolute Gasteiger partial charge is 0.491 e. The van der Waals surface area contributed by atoms with E-state index in [2.05, 4.69) is 10.0 Å². The van der Waals surface area contributed by atoms with Gasteiger partial charge in [-0.3, -0.25) is 0 Å². The lowest BCUT2D eigenvalue weighted by molar-refractivity contribution is -0.0312. The van der Waals surface area contributed by atoms with E-state index in [0.717, 1.165) is 6.42 Å². The highest BCUT2D eigenvalue weighted by molar-refractivity contribution is 7.89. The molecule has 0 aliphatic carbocycles. The maximum atomic E-state index is 13.0. The number of halogens is 1. The Morgan fingerprint density at radius 2 is 1.84 bits per heavy atom. The van der Waals surface area contributed by atoms with Crippen molar-refractivity contribution in [2.75, 3.05) is 39.9 Å². The molecule has 0 aromatic heterocycles. The van der Waals surface area contributed by atoms with Crippen molar-refractivity contribution < 1.29 is 31.4 Å². The highest BCUT2D eigenvalue weighted by atomic mass is 35.5. The van der Waals surface area contributed by atoms with Gasteiger partial charge < -0.3 is 19.9 Å². The van der Waals surface area contributed by atoms with Crippen LogP contribution in [0, 0.1) is 0 Å². The number of hydrogen-bond acceptors (Lipinski definition) is 8. The summed E-state index contributed by atoms with van der Waals surface area (Å²) >= 11 is 5.98. The molecule has 2 aliphatic rings. The van der Waals surface area contributed by atoms with Crippen LogP contribution < -0.4 is 14.8 Å². The van der Waals surface area contributed by atoms with Crippen LogP contribution in [-0.4, -0.2) is 83.9 Å². The number of rotatable bonds is 10. The topological polar surface area (TPSA) is 134 Å². The second kappa shape index (κ2) is 11.5. The summed E-state index contributed by atoms with van der Waals surface area (Å²) < 4.78 is 65.2. The number of piperidine rings is 1. The smallest absolute Gasteiger partial charge is 0.243 e. The van der Waals surface area contributed by atoms with E-state index in [-0.39, 0.29) is 29.0 Å². The average molecular weight is 574 g/mol. The normalized spacial score (nSPS) is 21.2. The summed E-state index contributed by atoms with van der Waals surface area (Å²) in [6, 6.07) is 12.4. The van der Waals surface area contributed by atoms with E-state index in [0.29, 0.717) is 43.3 Å². The number of nitrogens with zero attached hydrogens (tertiary/aromatic N) is 1. The summed E-state index contributed by atoms with van der Waals surface area (Å²) in [5.74, 6) is 0.345. The fourth-order valence-electron chi connectivity index (χ4n) is 4.64. The fraction of sp³-hybridized carbons (Fsp3) is 0.500. The lowest BCUT2D eigenvalue weighted by atomic mass is 9.88. The lowest BCUT2D eigenvalue weighted by Crippen LogP contribution is -2.47. The Kier molecular flexibility index (Phi) is 8.81. The minimum atomic E-state index is -3.61. The fourth-order valence-corrected chi connectivity index (χ4v) is 7.15. The van der Waals surface area contributed by atoms with Gasteiger partial charge in [-0.1, -0.05) is 23.7 Å². The van der Waals surface area contributed by atoms with Crippen molar-refractivity contribution in [2.45, 2.75) is 46.8 Å². The zero-order valence-electron chi connectivity index (χ0n) is 20.5. The molecule has 0 radical (unpaired) electrons. The molecule has 2 fully saturated rings. The zero-order valence-corrected chi connectivity index (χ0v) is 22.9. The zero-order chi connectivity index (χ0) is 26.7. The molecule has 1 spiro atoms. The van der Waals surface area contributed by atoms with Crippen molar-refractivity contribution in [3.05, 3.63) is 53.6 Å². The van der Waals surface area contributed by atoms with Crippen molar-refractivity contribution in [1.29, 1.82) is 0 Å². The molecule has 2 atom stereocenters. The molecule has 13 heteroatoms. The van der Waals surface area contributed by atoms with Crippen molar-refractivity contribution >= 4 is 31.6 Å². The number of aliphatic hydroxyl groups is 1. The van der Waals surface area contributed by atoms with E-state index in [1.165, 1.54) is 29.6 Å². The summed E-state index contributed by atoms with van der Waals surface area (Å²) in [6.45, 7) is 1.46. The van der Waals surface area contributed by atoms with Gasteiger partial charge in [-0.15, -0.1) is 0 Å². The predicted molar refractivity (Wildman–Crippen MR) is 139 cm³/mol. The van der Waals surface area contributed by atoms with Crippen LogP contribution in [0.3, 0.4) is 0 Å². The molecule has 2 aliphatic heterocycles. The van der Waals surface area contributed by atoms with Gasteiger partial charge in [0.1, 0.15) is 18.5 Å². The second-order valence-corrected chi connectivity index (χ2v) is 13.6. The minimum absolute atomic E-state index is 0.00883. The van der Waals surface area contributed by atoms with Crippen LogP contribution in [0.5, 0.6) is 5.75 Å². The Balaban J connectivity index is 1.23. The quantitative estimate of drug-likeness (QED) is 0.390. The molecule has 0 unspecified atom stereocenters. The van der Waals surface area contributed by atoms with E-state index in [4.69, 9.17) is 21.1 Å². The third-order valence-corrected chi connectivity index (χ3v) is 10.3. The average Bonchev–Trinajstić information content (AvgIpc) is 3.28. The van der Waals surface area contributed by atoms with Gasteiger partial charge in [-0.25, -0.2) is 21.6 Å². The first kappa shape index (κ1) is 28.2. The first-order chi connectivity index (χ1) is 17.5. The van der Waals surface area contributed by atoms with Gasteiger partial charge >= 0.3 is 0 Å². The van der Waals surface area contributed by atoms with Crippen molar-refractivity contribution in [3.8, 4) is 5.75 Å². The Labute approximate surface area is 223 Å². The molecule has 0 saturated carbocycles. The summed E-state index contributed by atoms with van der Waals surface area (Å²) in [5.41, 5.74) is -0.390. The van der Waals surface area contributed by atoms with E-state index < -0.39 is 31.8 Å². The van der Waals surface area contributed by atoms with Crippen molar-refractivity contribution in [2.24, 2.45) is 0 Å². The maximum Gasteiger partial charge on any atom is 0.243 e. The van der Waals surface area contributed by atoms with Gasteiger partial charge in [0.15, 0.2) is 0 Å². The van der Waals surface area contributed by atoms with Crippen molar-refractivity contribution in [1.82, 2.24) is 14.3 Å². The summed E-state index contributed by atoms with van der Waals surface area (Å²) in [6.07, 6.45) is 1.08. The molecular formula is C24H32ClN3O7S2. The van der Waals surface area contributed by atoms with Gasteiger partial charge in [-0.05, 0) is 56.6 Å². The SMILES string of the molecule is CNS(=O)(=O)c1cccc(OC[C@@H](O)CN[C@H]2COC3(CCN(S(=O)(=O)c4cccc(Cl)c4)CC3)C2)c1. The van der Waals surface area contributed by atoms with Gasteiger partial charge in [0, 0.05) is 36.8 Å². The summed E-state index contributed by atoms with van der Waals surface area (Å²) in [4.78, 5) is 0.273. The van der Waals surface area contributed by atoms with E-state index >= 15 is 0 Å². The number of benzene rings is 2. The number of aliphatic hydroxyl groups excluding tert-OH is 1. The van der Waals surface area contributed by atoms with Crippen LogP contribution in [0.25, 0.3) is 0 Å². The van der Waals surface area contributed by atoms with Crippen molar-refractivity contribution in [3.63, 3.8) is 0 Å². The lowest BCUT2D eigenvalue weighted by Gasteiger charge is -2.38. The summed E-state index contributed by atoms with van der Waals surface area (Å²) in [7, 11) is -5.86. The molecular weight excluding hydrogens is 542 g/mol. The monoisotopic (exact) mass is 573 g/mol. The highest BCUT2D eigenvalue weighted by Crippen LogP contribution is 2.37. The molecule has 2 heterocycles. The number of sulfonamides is 2. The van der Waals surface area contributed by atoms with Gasteiger partial charge in [0.25, 0.3) is 0 Å². The molecule has 4 rings (SSSR count). The molecule has 2 saturated heterocycles. The van der Waals surface area contributed by atoms with Crippen LogP contribution in [0.4, 0.5) is 0 Å². The first-order valence-corrected chi connectivity index (χ1v) is 15.3. The first-order valence-electron chi connectivity index (χ1n) is 12.0. The van der Waals surface area contributed by atoms with Crippen LogP contribution >= 0.6 is 11.6 Å². The standard InChI is InChI=1S/C24H32ClN3O7S2/c1-26-36(30,31)22-6-3-5-21(13-22)34-17-20(29)15-27-19-14-24(35-16-19)8-10-28(11-9-24)37(32,33)23-7-2-4-18(25)12-23/h2-7,12-13,19-20,26-27,29H,8-11,14-17H2,1H3/t19-,20+/m1/s1. The predicted octanol–water partition coefficient (Wildman–Crippen LogP) is 1.59. The molecule has 204 valence electrons. The Morgan fingerprint density at radius 3 is 2.54 bits per heavy atom. The minimum Gasteiger partial charge on any atom is -0.491 e. The molecule has 2 aromatic rings. The highest BCUT2D eigenvalue weighted by Gasteiger charge is 2.44. The molecule has 10 nitrogen and oxygen atoms in total. The molecule has 0 bridgehead atoms. The Morgan fingerprint density at radius 1 is 1.14 bits per heavy atom. The number of ether oxygens (including phenoxy) is 2. The molecule has 3 N–H and O–H groups in total. The summed E-state index contributed by atoms with van der Waals surface area (Å²) in [5, 5.41) is 14.0. The molecule has 2 aromatic carbocycles. The van der Waals surface area contributed by atoms with E-state index in [1.54, 1.807) is 30.3 Å². The van der Waals surface area contributed by atoms with Gasteiger partial charge in [0.2, 0.25) is 20.0 Å². The van der Waals surface area contributed by atoms with Crippen LogP contribution in [0.1, 0.15) is 19.3 Å². The third-order valence-electron chi connectivity index (χ3n) is 6.75. The van der Waals surface area contributed by atoms with Gasteiger partial charge in [0.05, 0.1) is 22.0 Å². The molecule has 0 amide bonds. The maximum absolute atomic E-state index is 13.0. The van der Waals surface area contributed by atoms with Gasteiger partial charge in [-0.2, -0.15) is 4.31 Å². The van der Waals surface area contributed by atoms with E-state index in [9.17, 15) is 21.9 Å².